The molecule has 0 saturated carbocycles. The van der Waals surface area contributed by atoms with Crippen molar-refractivity contribution >= 4 is 0 Å². The summed E-state index contributed by atoms with van der Waals surface area (Å²) in [6, 6.07) is 1.30. The van der Waals surface area contributed by atoms with Crippen LogP contribution in [-0.2, 0) is 4.74 Å². The average molecular weight is 226 g/mol. The van der Waals surface area contributed by atoms with E-state index in [1.54, 1.807) is 0 Å². The highest BCUT2D eigenvalue weighted by Crippen LogP contribution is 2.18. The molecule has 2 aliphatic rings. The van der Waals surface area contributed by atoms with E-state index in [1.165, 1.54) is 19.4 Å². The number of piperazine rings is 1. The minimum atomic E-state index is 0.494. The summed E-state index contributed by atoms with van der Waals surface area (Å²) in [6.45, 7) is 11.3. The van der Waals surface area contributed by atoms with Crippen molar-refractivity contribution in [2.75, 3.05) is 26.2 Å². The Morgan fingerprint density at radius 1 is 1.44 bits per heavy atom. The quantitative estimate of drug-likeness (QED) is 0.789. The summed E-state index contributed by atoms with van der Waals surface area (Å²) in [5.74, 6) is 0.722. The molecule has 0 aromatic heterocycles. The van der Waals surface area contributed by atoms with Gasteiger partial charge in [0.05, 0.1) is 6.10 Å². The van der Waals surface area contributed by atoms with E-state index in [1.807, 2.05) is 0 Å². The lowest BCUT2D eigenvalue weighted by Crippen LogP contribution is -2.58. The van der Waals surface area contributed by atoms with Crippen LogP contribution in [0.3, 0.4) is 0 Å². The van der Waals surface area contributed by atoms with Crippen LogP contribution in [0.5, 0.6) is 0 Å². The normalized spacial score (nSPS) is 37.1. The van der Waals surface area contributed by atoms with Crippen LogP contribution in [0.2, 0.25) is 0 Å². The number of hydrogen-bond acceptors (Lipinski definition) is 3. The van der Waals surface area contributed by atoms with Gasteiger partial charge in [0.25, 0.3) is 0 Å². The van der Waals surface area contributed by atoms with Gasteiger partial charge >= 0.3 is 0 Å². The zero-order valence-electron chi connectivity index (χ0n) is 10.9. The first-order valence-corrected chi connectivity index (χ1v) is 6.76. The number of nitrogens with zero attached hydrogens (tertiary/aromatic N) is 1. The lowest BCUT2D eigenvalue weighted by Gasteiger charge is -2.41. The Labute approximate surface area is 99.5 Å². The van der Waals surface area contributed by atoms with Crippen molar-refractivity contribution in [3.05, 3.63) is 0 Å². The first-order valence-electron chi connectivity index (χ1n) is 6.76. The first kappa shape index (κ1) is 12.3. The van der Waals surface area contributed by atoms with Gasteiger partial charge in [-0.05, 0) is 25.7 Å². The van der Waals surface area contributed by atoms with Gasteiger partial charge in [-0.25, -0.2) is 0 Å². The highest BCUT2D eigenvalue weighted by molar-refractivity contribution is 4.87. The second kappa shape index (κ2) is 5.48. The van der Waals surface area contributed by atoms with Crippen LogP contribution in [0, 0.1) is 5.92 Å². The minimum absolute atomic E-state index is 0.494. The van der Waals surface area contributed by atoms with Gasteiger partial charge in [-0.3, -0.25) is 4.90 Å². The molecule has 2 aliphatic heterocycles. The van der Waals surface area contributed by atoms with Gasteiger partial charge in [-0.1, -0.05) is 13.8 Å². The maximum Gasteiger partial charge on any atom is 0.0702 e. The molecule has 0 aromatic carbocycles. The minimum Gasteiger partial charge on any atom is -0.377 e. The molecule has 94 valence electrons. The number of hydrogen-bond donors (Lipinski definition) is 1. The maximum absolute atomic E-state index is 5.74. The molecule has 3 heteroatoms. The molecule has 0 radical (unpaired) electrons. The first-order chi connectivity index (χ1) is 7.66. The highest BCUT2D eigenvalue weighted by atomic mass is 16.5. The molecule has 2 saturated heterocycles. The summed E-state index contributed by atoms with van der Waals surface area (Å²) < 4.78 is 5.74. The van der Waals surface area contributed by atoms with E-state index in [0.29, 0.717) is 18.2 Å². The Balaban J connectivity index is 1.85. The molecule has 0 aliphatic carbocycles. The third kappa shape index (κ3) is 2.96. The summed E-state index contributed by atoms with van der Waals surface area (Å²) in [6.07, 6.45) is 3.00. The third-order valence-corrected chi connectivity index (χ3v) is 4.00. The van der Waals surface area contributed by atoms with Crippen LogP contribution in [-0.4, -0.2) is 49.3 Å². The van der Waals surface area contributed by atoms with Crippen LogP contribution in [0.1, 0.15) is 33.6 Å². The van der Waals surface area contributed by atoms with Crippen molar-refractivity contribution in [2.45, 2.75) is 51.8 Å². The smallest absolute Gasteiger partial charge is 0.0702 e. The predicted octanol–water partition coefficient (Wildman–Crippen LogP) is 1.48. The zero-order valence-corrected chi connectivity index (χ0v) is 10.9. The standard InChI is InChI=1S/C13H26N2O/c1-10(2)13-9-15(11(3)7-14-13)8-12-5-4-6-16-12/h10-14H,4-9H2,1-3H3. The number of ether oxygens (including phenoxy) is 1. The van der Waals surface area contributed by atoms with Gasteiger partial charge in [0.2, 0.25) is 0 Å². The van der Waals surface area contributed by atoms with E-state index in [-0.39, 0.29) is 0 Å². The van der Waals surface area contributed by atoms with E-state index in [2.05, 4.69) is 31.0 Å². The van der Waals surface area contributed by atoms with Gasteiger partial charge in [-0.2, -0.15) is 0 Å². The molecule has 3 nitrogen and oxygen atoms in total. The molecule has 0 bridgehead atoms. The zero-order chi connectivity index (χ0) is 11.5. The fourth-order valence-corrected chi connectivity index (χ4v) is 2.70. The van der Waals surface area contributed by atoms with E-state index in [9.17, 15) is 0 Å². The van der Waals surface area contributed by atoms with Gasteiger partial charge in [-0.15, -0.1) is 0 Å². The van der Waals surface area contributed by atoms with E-state index in [0.717, 1.165) is 25.6 Å². The Bertz CT molecular complexity index is 212. The van der Waals surface area contributed by atoms with E-state index < -0.39 is 0 Å². The van der Waals surface area contributed by atoms with E-state index in [4.69, 9.17) is 4.74 Å². The topological polar surface area (TPSA) is 24.5 Å². The van der Waals surface area contributed by atoms with Crippen molar-refractivity contribution in [3.8, 4) is 0 Å². The molecule has 1 N–H and O–H groups in total. The summed E-state index contributed by atoms with van der Waals surface area (Å²) in [7, 11) is 0. The summed E-state index contributed by atoms with van der Waals surface area (Å²) >= 11 is 0. The van der Waals surface area contributed by atoms with Gasteiger partial charge in [0.15, 0.2) is 0 Å². The second-order valence-corrected chi connectivity index (χ2v) is 5.70. The molecule has 2 fully saturated rings. The molecule has 2 rings (SSSR count). The van der Waals surface area contributed by atoms with E-state index >= 15 is 0 Å². The second-order valence-electron chi connectivity index (χ2n) is 5.70. The molecule has 2 heterocycles. The average Bonchev–Trinajstić information content (AvgIpc) is 2.73. The van der Waals surface area contributed by atoms with Gasteiger partial charge in [0.1, 0.15) is 0 Å². The Morgan fingerprint density at radius 3 is 2.88 bits per heavy atom. The van der Waals surface area contributed by atoms with Crippen molar-refractivity contribution in [1.29, 1.82) is 0 Å². The largest absolute Gasteiger partial charge is 0.377 e. The number of nitrogens with one attached hydrogen (secondary N) is 1. The maximum atomic E-state index is 5.74. The highest BCUT2D eigenvalue weighted by Gasteiger charge is 2.29. The lowest BCUT2D eigenvalue weighted by molar-refractivity contribution is 0.0387. The third-order valence-electron chi connectivity index (χ3n) is 4.00. The summed E-state index contributed by atoms with van der Waals surface area (Å²) in [5.41, 5.74) is 0. The molecule has 0 aromatic rings. The van der Waals surface area contributed by atoms with Crippen molar-refractivity contribution < 1.29 is 4.74 Å². The fourth-order valence-electron chi connectivity index (χ4n) is 2.70. The van der Waals surface area contributed by atoms with Crippen LogP contribution < -0.4 is 5.32 Å². The summed E-state index contributed by atoms with van der Waals surface area (Å²) in [4.78, 5) is 2.61. The predicted molar refractivity (Wildman–Crippen MR) is 66.6 cm³/mol. The van der Waals surface area contributed by atoms with Gasteiger partial charge in [0, 0.05) is 38.3 Å². The lowest BCUT2D eigenvalue weighted by atomic mass is 9.99. The van der Waals surface area contributed by atoms with Crippen molar-refractivity contribution in [2.24, 2.45) is 5.92 Å². The monoisotopic (exact) mass is 226 g/mol. The van der Waals surface area contributed by atoms with Crippen LogP contribution in [0.4, 0.5) is 0 Å². The summed E-state index contributed by atoms with van der Waals surface area (Å²) in [5, 5.41) is 3.64. The molecular weight excluding hydrogens is 200 g/mol. The molecule has 0 spiro atoms. The fraction of sp³-hybridized carbons (Fsp3) is 1.00. The molecule has 0 amide bonds. The van der Waals surface area contributed by atoms with Crippen molar-refractivity contribution in [1.82, 2.24) is 10.2 Å². The Morgan fingerprint density at radius 2 is 2.25 bits per heavy atom. The SMILES string of the molecule is CC(C)C1CN(CC2CCCO2)C(C)CN1. The molecule has 3 unspecified atom stereocenters. The van der Waals surface area contributed by atoms with Gasteiger partial charge < -0.3 is 10.1 Å². The Hall–Kier alpha value is -0.120. The molecule has 3 atom stereocenters. The number of rotatable bonds is 3. The molecular formula is C13H26N2O. The Kier molecular flexibility index (Phi) is 4.22. The molecule has 16 heavy (non-hydrogen) atoms. The van der Waals surface area contributed by atoms with Crippen molar-refractivity contribution in [3.63, 3.8) is 0 Å². The van der Waals surface area contributed by atoms with Crippen LogP contribution in [0.25, 0.3) is 0 Å². The van der Waals surface area contributed by atoms with Crippen LogP contribution in [0.15, 0.2) is 0 Å². The van der Waals surface area contributed by atoms with Crippen LogP contribution >= 0.6 is 0 Å².